The van der Waals surface area contributed by atoms with E-state index < -0.39 is 0 Å². The van der Waals surface area contributed by atoms with Crippen LogP contribution in [0.2, 0.25) is 0 Å². The van der Waals surface area contributed by atoms with Gasteiger partial charge in [-0.05, 0) is 30.1 Å². The van der Waals surface area contributed by atoms with Crippen molar-refractivity contribution in [3.63, 3.8) is 0 Å². The van der Waals surface area contributed by atoms with Crippen molar-refractivity contribution in [1.82, 2.24) is 0 Å². The van der Waals surface area contributed by atoms with Gasteiger partial charge in [0.25, 0.3) is 0 Å². The predicted molar refractivity (Wildman–Crippen MR) is 109 cm³/mol. The third-order valence-corrected chi connectivity index (χ3v) is 5.79. The number of ether oxygens (including phenoxy) is 1. The van der Waals surface area contributed by atoms with Crippen molar-refractivity contribution < 1.29 is 9.53 Å². The molecule has 0 aliphatic carbocycles. The minimum atomic E-state index is -0.0683. The summed E-state index contributed by atoms with van der Waals surface area (Å²) >= 11 is 5.10. The highest BCUT2D eigenvalue weighted by Crippen LogP contribution is 2.19. The van der Waals surface area contributed by atoms with Crippen LogP contribution < -0.4 is 0 Å². The first-order valence-electron chi connectivity index (χ1n) is 8.47. The molecule has 126 valence electrons. The van der Waals surface area contributed by atoms with E-state index in [1.54, 1.807) is 0 Å². The lowest BCUT2D eigenvalue weighted by Crippen LogP contribution is -1.99. The van der Waals surface area contributed by atoms with E-state index in [2.05, 4.69) is 49.9 Å². The van der Waals surface area contributed by atoms with Gasteiger partial charge in [-0.3, -0.25) is 4.79 Å². The van der Waals surface area contributed by atoms with Gasteiger partial charge >= 0.3 is 5.97 Å². The van der Waals surface area contributed by atoms with Gasteiger partial charge in [-0.15, -0.1) is 0 Å². The summed E-state index contributed by atoms with van der Waals surface area (Å²) in [6, 6.07) is 0. The molecule has 0 aromatic carbocycles. The number of rotatable bonds is 15. The molecule has 21 heavy (non-hydrogen) atoms. The van der Waals surface area contributed by atoms with Crippen molar-refractivity contribution in [3.8, 4) is 0 Å². The van der Waals surface area contributed by atoms with Crippen LogP contribution in [0, 0.1) is 0 Å². The summed E-state index contributed by atoms with van der Waals surface area (Å²) in [6.45, 7) is 0. The number of carbonyl (C=O) groups is 1. The Morgan fingerprint density at radius 1 is 0.857 bits per heavy atom. The monoisotopic (exact) mass is 522 g/mol. The molecule has 4 heteroatoms. The molecule has 0 fully saturated rings. The maximum absolute atomic E-state index is 10.9. The molecule has 0 aromatic heterocycles. The fraction of sp³-hybridized carbons (Fsp3) is 0.941. The highest BCUT2D eigenvalue weighted by atomic mass is 127. The van der Waals surface area contributed by atoms with Gasteiger partial charge in [-0.2, -0.15) is 0 Å². The quantitative estimate of drug-likeness (QED) is 0.107. The first kappa shape index (κ1) is 21.9. The first-order chi connectivity index (χ1) is 10.2. The second-order valence-corrected chi connectivity index (χ2v) is 8.57. The minimum Gasteiger partial charge on any atom is -0.469 e. The van der Waals surface area contributed by atoms with Crippen LogP contribution in [0.15, 0.2) is 0 Å². The molecule has 0 amide bonds. The molecule has 0 aliphatic rings. The number of esters is 1. The first-order valence-corrected chi connectivity index (χ1v) is 11.2. The summed E-state index contributed by atoms with van der Waals surface area (Å²) in [7, 11) is 1.46. The number of halogens is 2. The second-order valence-electron chi connectivity index (χ2n) is 5.73. The number of methoxy groups -OCH3 is 1. The fourth-order valence-corrected chi connectivity index (χ4v) is 3.82. The van der Waals surface area contributed by atoms with Crippen LogP contribution in [0.1, 0.15) is 83.5 Å². The third kappa shape index (κ3) is 17.1. The summed E-state index contributed by atoms with van der Waals surface area (Å²) < 4.78 is 6.82. The second kappa shape index (κ2) is 17.3. The SMILES string of the molecule is COC(=O)CCCCCCCCC(I)CCCCCCI. The molecule has 0 saturated heterocycles. The Balaban J connectivity index is 3.17. The number of hydrogen-bond acceptors (Lipinski definition) is 2. The van der Waals surface area contributed by atoms with E-state index in [9.17, 15) is 4.79 Å². The smallest absolute Gasteiger partial charge is 0.305 e. The Morgan fingerprint density at radius 3 is 1.86 bits per heavy atom. The van der Waals surface area contributed by atoms with Crippen molar-refractivity contribution in [2.75, 3.05) is 11.5 Å². The van der Waals surface area contributed by atoms with Gasteiger partial charge in [-0.25, -0.2) is 0 Å². The van der Waals surface area contributed by atoms with E-state index in [1.807, 2.05) is 0 Å². The molecule has 0 aliphatic heterocycles. The molecule has 0 heterocycles. The van der Waals surface area contributed by atoms with Crippen molar-refractivity contribution in [2.45, 2.75) is 87.4 Å². The molecule has 0 radical (unpaired) electrons. The molecule has 1 unspecified atom stereocenters. The molecule has 0 saturated carbocycles. The van der Waals surface area contributed by atoms with Gasteiger partial charge < -0.3 is 4.74 Å². The predicted octanol–water partition coefficient (Wildman–Crippen LogP) is 6.47. The molecule has 0 rings (SSSR count). The topological polar surface area (TPSA) is 26.3 Å². The Bertz CT molecular complexity index is 235. The average molecular weight is 522 g/mol. The summed E-state index contributed by atoms with van der Waals surface area (Å²) in [6.07, 6.45) is 16.5. The Hall–Kier alpha value is 0.930. The maximum Gasteiger partial charge on any atom is 0.305 e. The lowest BCUT2D eigenvalue weighted by atomic mass is 10.0. The van der Waals surface area contributed by atoms with Gasteiger partial charge in [0.2, 0.25) is 0 Å². The zero-order valence-corrected chi connectivity index (χ0v) is 17.9. The Morgan fingerprint density at radius 2 is 1.33 bits per heavy atom. The lowest BCUT2D eigenvalue weighted by Gasteiger charge is -2.09. The summed E-state index contributed by atoms with van der Waals surface area (Å²) in [5.41, 5.74) is 0. The van der Waals surface area contributed by atoms with Gasteiger partial charge in [0.15, 0.2) is 0 Å². The molecule has 0 spiro atoms. The van der Waals surface area contributed by atoms with Gasteiger partial charge in [0, 0.05) is 10.3 Å². The number of hydrogen-bond donors (Lipinski definition) is 0. The van der Waals surface area contributed by atoms with Gasteiger partial charge in [0.1, 0.15) is 0 Å². The van der Waals surface area contributed by atoms with Crippen LogP contribution >= 0.6 is 45.2 Å². The van der Waals surface area contributed by atoms with E-state index in [-0.39, 0.29) is 5.97 Å². The molecule has 2 nitrogen and oxygen atoms in total. The number of unbranched alkanes of at least 4 members (excludes halogenated alkanes) is 8. The summed E-state index contributed by atoms with van der Waals surface area (Å²) in [5.74, 6) is -0.0683. The highest BCUT2D eigenvalue weighted by Gasteiger charge is 2.04. The van der Waals surface area contributed by atoms with E-state index in [4.69, 9.17) is 0 Å². The molecular formula is C17H32I2O2. The normalized spacial score (nSPS) is 12.3. The van der Waals surface area contributed by atoms with Crippen LogP contribution in [0.25, 0.3) is 0 Å². The maximum atomic E-state index is 10.9. The van der Waals surface area contributed by atoms with Crippen molar-refractivity contribution >= 4 is 51.2 Å². The summed E-state index contributed by atoms with van der Waals surface area (Å²) in [4.78, 5) is 10.9. The van der Waals surface area contributed by atoms with Crippen molar-refractivity contribution in [2.24, 2.45) is 0 Å². The zero-order chi connectivity index (χ0) is 15.8. The Labute approximate surface area is 158 Å². The van der Waals surface area contributed by atoms with E-state index >= 15 is 0 Å². The van der Waals surface area contributed by atoms with E-state index in [1.165, 1.54) is 82.2 Å². The van der Waals surface area contributed by atoms with Crippen LogP contribution in [-0.4, -0.2) is 21.4 Å². The van der Waals surface area contributed by atoms with Crippen LogP contribution in [0.5, 0.6) is 0 Å². The van der Waals surface area contributed by atoms with Gasteiger partial charge in [0.05, 0.1) is 7.11 Å². The average Bonchev–Trinajstić information content (AvgIpc) is 2.49. The molecule has 0 N–H and O–H groups in total. The molecule has 0 bridgehead atoms. The molecular weight excluding hydrogens is 490 g/mol. The molecule has 1 atom stereocenters. The number of alkyl halides is 2. The van der Waals surface area contributed by atoms with Crippen molar-refractivity contribution in [3.05, 3.63) is 0 Å². The minimum absolute atomic E-state index is 0.0683. The molecule has 0 aromatic rings. The van der Waals surface area contributed by atoms with E-state index in [0.717, 1.165) is 10.3 Å². The largest absolute Gasteiger partial charge is 0.469 e. The van der Waals surface area contributed by atoms with Crippen LogP contribution in [0.3, 0.4) is 0 Å². The highest BCUT2D eigenvalue weighted by molar-refractivity contribution is 14.1. The van der Waals surface area contributed by atoms with Crippen LogP contribution in [0.4, 0.5) is 0 Å². The fourth-order valence-electron chi connectivity index (χ4n) is 2.40. The zero-order valence-electron chi connectivity index (χ0n) is 13.5. The van der Waals surface area contributed by atoms with E-state index in [0.29, 0.717) is 6.42 Å². The summed E-state index contributed by atoms with van der Waals surface area (Å²) in [5, 5.41) is 0. The van der Waals surface area contributed by atoms with Gasteiger partial charge in [-0.1, -0.05) is 96.5 Å². The lowest BCUT2D eigenvalue weighted by molar-refractivity contribution is -0.140. The Kier molecular flexibility index (Phi) is 18.1. The van der Waals surface area contributed by atoms with Crippen molar-refractivity contribution in [1.29, 1.82) is 0 Å². The third-order valence-electron chi connectivity index (χ3n) is 3.78. The standard InChI is InChI=1S/C17H32I2O2/c1-21-17(20)14-10-5-3-2-4-8-12-16(19)13-9-6-7-11-15-18/h16H,2-15H2,1H3. The number of carbonyl (C=O) groups excluding carboxylic acids is 1. The van der Waals surface area contributed by atoms with Crippen LogP contribution in [-0.2, 0) is 9.53 Å².